The van der Waals surface area contributed by atoms with E-state index in [0.29, 0.717) is 18.5 Å². The molecule has 1 fully saturated rings. The van der Waals surface area contributed by atoms with Crippen molar-refractivity contribution in [3.05, 3.63) is 59.7 Å². The summed E-state index contributed by atoms with van der Waals surface area (Å²) in [5, 5.41) is 2.83. The summed E-state index contributed by atoms with van der Waals surface area (Å²) in [6, 6.07) is 13.6. The van der Waals surface area contributed by atoms with Crippen LogP contribution in [-0.2, 0) is 21.2 Å². The molecule has 0 bridgehead atoms. The number of hydrogen-bond acceptors (Lipinski definition) is 5. The fourth-order valence-corrected chi connectivity index (χ4v) is 4.91. The van der Waals surface area contributed by atoms with Gasteiger partial charge in [-0.05, 0) is 48.4 Å². The number of amides is 2. The number of methoxy groups -OCH3 is 1. The summed E-state index contributed by atoms with van der Waals surface area (Å²) >= 11 is 0. The van der Waals surface area contributed by atoms with Crippen LogP contribution in [0.4, 0.5) is 5.69 Å². The molecule has 1 saturated heterocycles. The highest BCUT2D eigenvalue weighted by atomic mass is 32.2. The summed E-state index contributed by atoms with van der Waals surface area (Å²) in [6.45, 7) is 2.04. The fraction of sp³-hybridized carbons (Fsp3) is 0.300. The van der Waals surface area contributed by atoms with Crippen molar-refractivity contribution in [2.24, 2.45) is 5.92 Å². The van der Waals surface area contributed by atoms with E-state index in [1.807, 2.05) is 24.3 Å². The molecule has 3 rings (SSSR count). The Morgan fingerprint density at radius 2 is 1.93 bits per heavy atom. The van der Waals surface area contributed by atoms with Crippen LogP contribution in [0.1, 0.15) is 22.8 Å². The molecule has 2 amide bonds. The van der Waals surface area contributed by atoms with Crippen molar-refractivity contribution in [2.75, 3.05) is 23.7 Å². The van der Waals surface area contributed by atoms with Gasteiger partial charge in [-0.15, -0.1) is 0 Å². The zero-order chi connectivity index (χ0) is 20.3. The minimum atomic E-state index is -3.65. The Hall–Kier alpha value is -2.87. The molecule has 0 unspecified atom stereocenters. The van der Waals surface area contributed by atoms with E-state index in [2.05, 4.69) is 5.32 Å². The highest BCUT2D eigenvalue weighted by Gasteiger charge is 2.41. The zero-order valence-corrected chi connectivity index (χ0v) is 16.5. The second kappa shape index (κ2) is 8.02. The van der Waals surface area contributed by atoms with Crippen LogP contribution in [0.2, 0.25) is 0 Å². The molecule has 2 aromatic rings. The van der Waals surface area contributed by atoms with E-state index in [1.54, 1.807) is 14.0 Å². The van der Waals surface area contributed by atoms with Crippen LogP contribution in [0, 0.1) is 5.92 Å². The summed E-state index contributed by atoms with van der Waals surface area (Å²) in [5.74, 6) is -0.711. The molecule has 0 spiro atoms. The average molecular weight is 402 g/mol. The van der Waals surface area contributed by atoms with Crippen LogP contribution in [0.15, 0.2) is 48.5 Å². The second-order valence-corrected chi connectivity index (χ2v) is 8.55. The van der Waals surface area contributed by atoms with E-state index in [1.165, 1.54) is 24.3 Å². The zero-order valence-electron chi connectivity index (χ0n) is 15.7. The predicted octanol–water partition coefficient (Wildman–Crippen LogP) is 1.98. The molecule has 0 saturated carbocycles. The number of carbonyl (C=O) groups is 2. The molecule has 0 aromatic heterocycles. The normalized spacial score (nSPS) is 18.1. The first-order valence-electron chi connectivity index (χ1n) is 8.90. The minimum Gasteiger partial charge on any atom is -0.497 e. The fourth-order valence-electron chi connectivity index (χ4n) is 3.09. The SMILES string of the molecule is COc1cccc(CCNC(=O)c2ccc(N3C(=O)[C@@H](C)CS3(=O)=O)cc2)c1. The van der Waals surface area contributed by atoms with Gasteiger partial charge in [-0.3, -0.25) is 9.59 Å². The van der Waals surface area contributed by atoms with Gasteiger partial charge in [0.05, 0.1) is 24.5 Å². The van der Waals surface area contributed by atoms with Crippen LogP contribution in [0.3, 0.4) is 0 Å². The monoisotopic (exact) mass is 402 g/mol. The molecule has 148 valence electrons. The maximum Gasteiger partial charge on any atom is 0.251 e. The van der Waals surface area contributed by atoms with E-state index in [4.69, 9.17) is 4.74 Å². The number of anilines is 1. The van der Waals surface area contributed by atoms with Gasteiger partial charge in [-0.2, -0.15) is 0 Å². The molecular formula is C20H22N2O5S. The summed E-state index contributed by atoms with van der Waals surface area (Å²) < 4.78 is 30.3. The lowest BCUT2D eigenvalue weighted by Gasteiger charge is -2.15. The van der Waals surface area contributed by atoms with E-state index in [0.717, 1.165) is 15.6 Å². The van der Waals surface area contributed by atoms with Crippen molar-refractivity contribution < 1.29 is 22.7 Å². The van der Waals surface area contributed by atoms with E-state index < -0.39 is 21.8 Å². The van der Waals surface area contributed by atoms with Crippen molar-refractivity contribution in [2.45, 2.75) is 13.3 Å². The average Bonchev–Trinajstić information content (AvgIpc) is 2.88. The van der Waals surface area contributed by atoms with Gasteiger partial charge in [-0.25, -0.2) is 12.7 Å². The standard InChI is InChI=1S/C20H22N2O5S/c1-14-13-28(25,26)22(20(14)24)17-8-6-16(7-9-17)19(23)21-11-10-15-4-3-5-18(12-15)27-2/h3-9,12,14H,10-11,13H2,1-2H3,(H,21,23)/t14-/m0/s1. The number of benzene rings is 2. The van der Waals surface area contributed by atoms with Crippen LogP contribution < -0.4 is 14.4 Å². The molecule has 7 nitrogen and oxygen atoms in total. The van der Waals surface area contributed by atoms with Crippen LogP contribution in [0.25, 0.3) is 0 Å². The third-order valence-electron chi connectivity index (χ3n) is 4.56. The maximum absolute atomic E-state index is 12.3. The molecule has 2 aromatic carbocycles. The van der Waals surface area contributed by atoms with Crippen LogP contribution in [0.5, 0.6) is 5.75 Å². The summed E-state index contributed by atoms with van der Waals surface area (Å²) in [7, 11) is -2.05. The number of nitrogens with one attached hydrogen (secondary N) is 1. The predicted molar refractivity (Wildman–Crippen MR) is 106 cm³/mol. The van der Waals surface area contributed by atoms with E-state index >= 15 is 0 Å². The van der Waals surface area contributed by atoms with Crippen molar-refractivity contribution in [1.82, 2.24) is 5.32 Å². The van der Waals surface area contributed by atoms with E-state index in [9.17, 15) is 18.0 Å². The molecule has 28 heavy (non-hydrogen) atoms. The highest BCUT2D eigenvalue weighted by molar-refractivity contribution is 7.94. The number of nitrogens with zero attached hydrogens (tertiary/aromatic N) is 1. The Bertz CT molecular complexity index is 986. The molecule has 1 N–H and O–H groups in total. The first kappa shape index (κ1) is 19.9. The Labute approximate surface area is 164 Å². The van der Waals surface area contributed by atoms with E-state index in [-0.39, 0.29) is 17.3 Å². The number of rotatable bonds is 6. The molecule has 0 aliphatic carbocycles. The second-order valence-electron chi connectivity index (χ2n) is 6.69. The summed E-state index contributed by atoms with van der Waals surface area (Å²) in [5.41, 5.74) is 1.69. The Balaban J connectivity index is 1.62. The molecule has 1 aliphatic heterocycles. The van der Waals surface area contributed by atoms with Crippen molar-refractivity contribution in [3.63, 3.8) is 0 Å². The topological polar surface area (TPSA) is 92.8 Å². The minimum absolute atomic E-state index is 0.196. The number of hydrogen-bond donors (Lipinski definition) is 1. The number of carbonyl (C=O) groups excluding carboxylic acids is 2. The quantitative estimate of drug-likeness (QED) is 0.798. The van der Waals surface area contributed by atoms with Gasteiger partial charge >= 0.3 is 0 Å². The third kappa shape index (κ3) is 4.17. The molecule has 1 atom stereocenters. The Morgan fingerprint density at radius 1 is 1.21 bits per heavy atom. The van der Waals surface area contributed by atoms with Gasteiger partial charge in [-0.1, -0.05) is 19.1 Å². The Morgan fingerprint density at radius 3 is 2.54 bits per heavy atom. The highest BCUT2D eigenvalue weighted by Crippen LogP contribution is 2.28. The van der Waals surface area contributed by atoms with Crippen molar-refractivity contribution in [1.29, 1.82) is 0 Å². The maximum atomic E-state index is 12.3. The van der Waals surface area contributed by atoms with Gasteiger partial charge in [0.25, 0.3) is 5.91 Å². The summed E-state index contributed by atoms with van der Waals surface area (Å²) in [6.07, 6.45) is 0.652. The van der Waals surface area contributed by atoms with Gasteiger partial charge in [0, 0.05) is 12.1 Å². The smallest absolute Gasteiger partial charge is 0.251 e. The molecule has 1 aliphatic rings. The van der Waals surface area contributed by atoms with Crippen LogP contribution >= 0.6 is 0 Å². The molecule has 0 radical (unpaired) electrons. The first-order valence-corrected chi connectivity index (χ1v) is 10.5. The lowest BCUT2D eigenvalue weighted by atomic mass is 10.1. The lowest BCUT2D eigenvalue weighted by molar-refractivity contribution is -0.119. The molecular weight excluding hydrogens is 380 g/mol. The van der Waals surface area contributed by atoms with Crippen LogP contribution in [-0.4, -0.2) is 39.6 Å². The molecule has 1 heterocycles. The number of ether oxygens (including phenoxy) is 1. The van der Waals surface area contributed by atoms with Crippen molar-refractivity contribution >= 4 is 27.5 Å². The Kier molecular flexibility index (Phi) is 5.69. The largest absolute Gasteiger partial charge is 0.497 e. The van der Waals surface area contributed by atoms with Gasteiger partial charge in [0.15, 0.2) is 0 Å². The van der Waals surface area contributed by atoms with Crippen molar-refractivity contribution in [3.8, 4) is 5.75 Å². The molecule has 8 heteroatoms. The third-order valence-corrected chi connectivity index (χ3v) is 6.43. The van der Waals surface area contributed by atoms with Gasteiger partial charge in [0.2, 0.25) is 15.9 Å². The van der Waals surface area contributed by atoms with Gasteiger partial charge in [0.1, 0.15) is 5.75 Å². The first-order chi connectivity index (χ1) is 13.3. The lowest BCUT2D eigenvalue weighted by Crippen LogP contribution is -2.30. The number of sulfonamides is 1. The summed E-state index contributed by atoms with van der Waals surface area (Å²) in [4.78, 5) is 24.4. The van der Waals surface area contributed by atoms with Gasteiger partial charge < -0.3 is 10.1 Å².